The highest BCUT2D eigenvalue weighted by atomic mass is 15.2. The first-order valence-electron chi connectivity index (χ1n) is 9.36. The lowest BCUT2D eigenvalue weighted by molar-refractivity contribution is 0.101. The molecule has 2 saturated heterocycles. The van der Waals surface area contributed by atoms with Crippen molar-refractivity contribution in [2.24, 2.45) is 0 Å². The van der Waals surface area contributed by atoms with Crippen LogP contribution in [-0.2, 0) is 0 Å². The molecule has 0 amide bonds. The second-order valence-electron chi connectivity index (χ2n) is 6.96. The minimum atomic E-state index is 0.852. The summed E-state index contributed by atoms with van der Waals surface area (Å²) in [6, 6.07) is 0.852. The molecule has 2 nitrogen and oxygen atoms in total. The molecule has 0 unspecified atom stereocenters. The number of nitrogens with zero attached hydrogens (tertiary/aromatic N) is 2. The van der Waals surface area contributed by atoms with Crippen LogP contribution in [0.2, 0.25) is 0 Å². The van der Waals surface area contributed by atoms with Gasteiger partial charge in [-0.3, -0.25) is 4.90 Å². The number of hydrogen-bond acceptors (Lipinski definition) is 2. The summed E-state index contributed by atoms with van der Waals surface area (Å²) in [6.45, 7) is 9.12. The van der Waals surface area contributed by atoms with Gasteiger partial charge in [0, 0.05) is 12.6 Å². The highest BCUT2D eigenvalue weighted by Crippen LogP contribution is 2.19. The van der Waals surface area contributed by atoms with Crippen LogP contribution in [0.4, 0.5) is 0 Å². The minimum absolute atomic E-state index is 0.852. The first kappa shape index (κ1) is 16.3. The Morgan fingerprint density at radius 3 is 2.05 bits per heavy atom. The smallest absolute Gasteiger partial charge is 0.0223 e. The largest absolute Gasteiger partial charge is 0.302 e. The van der Waals surface area contributed by atoms with Crippen LogP contribution < -0.4 is 0 Å². The van der Waals surface area contributed by atoms with Crippen LogP contribution in [0.25, 0.3) is 0 Å². The molecule has 2 rings (SSSR count). The van der Waals surface area contributed by atoms with E-state index in [2.05, 4.69) is 16.7 Å². The molecule has 0 aromatic rings. The lowest BCUT2D eigenvalue weighted by Gasteiger charge is -2.39. The Kier molecular flexibility index (Phi) is 7.97. The van der Waals surface area contributed by atoms with Crippen molar-refractivity contribution in [1.82, 2.24) is 9.80 Å². The predicted octanol–water partition coefficient (Wildman–Crippen LogP) is 4.30. The summed E-state index contributed by atoms with van der Waals surface area (Å²) in [5.74, 6) is 0. The third-order valence-corrected chi connectivity index (χ3v) is 5.22. The molecule has 118 valence electrons. The van der Waals surface area contributed by atoms with Crippen LogP contribution in [0.3, 0.4) is 0 Å². The zero-order valence-electron chi connectivity index (χ0n) is 13.8. The molecule has 1 atom stereocenters. The van der Waals surface area contributed by atoms with E-state index in [0.717, 1.165) is 6.04 Å². The van der Waals surface area contributed by atoms with Gasteiger partial charge in [0.2, 0.25) is 0 Å². The molecule has 20 heavy (non-hydrogen) atoms. The zero-order valence-corrected chi connectivity index (χ0v) is 13.8. The van der Waals surface area contributed by atoms with Gasteiger partial charge in [-0.1, -0.05) is 45.4 Å². The van der Waals surface area contributed by atoms with Gasteiger partial charge in [0.1, 0.15) is 0 Å². The van der Waals surface area contributed by atoms with Crippen LogP contribution >= 0.6 is 0 Å². The lowest BCUT2D eigenvalue weighted by Crippen LogP contribution is -2.47. The summed E-state index contributed by atoms with van der Waals surface area (Å²) in [6.07, 6.45) is 15.8. The Morgan fingerprint density at radius 1 is 0.750 bits per heavy atom. The van der Waals surface area contributed by atoms with E-state index in [0.29, 0.717) is 0 Å². The standard InChI is InChI=1S/C18H36N2/c1-2-3-4-7-12-18(20-15-10-6-11-16-20)17-19-13-8-5-9-14-19/h18H,2-17H2,1H3/t18-/m1/s1. The van der Waals surface area contributed by atoms with Crippen LogP contribution in [0.1, 0.15) is 77.6 Å². The highest BCUT2D eigenvalue weighted by molar-refractivity contribution is 4.79. The number of hydrogen-bond donors (Lipinski definition) is 0. The highest BCUT2D eigenvalue weighted by Gasteiger charge is 2.23. The van der Waals surface area contributed by atoms with E-state index >= 15 is 0 Å². The van der Waals surface area contributed by atoms with E-state index in [1.807, 2.05) is 0 Å². The summed E-state index contributed by atoms with van der Waals surface area (Å²) in [5.41, 5.74) is 0. The van der Waals surface area contributed by atoms with Crippen molar-refractivity contribution in [2.45, 2.75) is 83.6 Å². The molecule has 0 bridgehead atoms. The minimum Gasteiger partial charge on any atom is -0.302 e. The molecule has 0 saturated carbocycles. The van der Waals surface area contributed by atoms with Gasteiger partial charge >= 0.3 is 0 Å². The molecule has 2 aliphatic heterocycles. The molecule has 0 aromatic heterocycles. The Balaban J connectivity index is 1.77. The maximum atomic E-state index is 2.82. The Bertz CT molecular complexity index is 230. The van der Waals surface area contributed by atoms with Gasteiger partial charge in [-0.15, -0.1) is 0 Å². The van der Waals surface area contributed by atoms with Crippen molar-refractivity contribution < 1.29 is 0 Å². The van der Waals surface area contributed by atoms with Crippen LogP contribution in [0.5, 0.6) is 0 Å². The van der Waals surface area contributed by atoms with Gasteiger partial charge in [-0.05, 0) is 58.3 Å². The predicted molar refractivity (Wildman–Crippen MR) is 88.3 cm³/mol. The second-order valence-corrected chi connectivity index (χ2v) is 6.96. The van der Waals surface area contributed by atoms with Crippen molar-refractivity contribution in [2.75, 3.05) is 32.7 Å². The topological polar surface area (TPSA) is 6.48 Å². The molecule has 2 heterocycles. The van der Waals surface area contributed by atoms with Crippen LogP contribution in [-0.4, -0.2) is 48.6 Å². The molecule has 0 spiro atoms. The van der Waals surface area contributed by atoms with Crippen molar-refractivity contribution >= 4 is 0 Å². The van der Waals surface area contributed by atoms with Gasteiger partial charge in [-0.25, -0.2) is 0 Å². The van der Waals surface area contributed by atoms with Gasteiger partial charge in [0.15, 0.2) is 0 Å². The van der Waals surface area contributed by atoms with Crippen molar-refractivity contribution in [1.29, 1.82) is 0 Å². The van der Waals surface area contributed by atoms with Gasteiger partial charge < -0.3 is 4.90 Å². The molecule has 2 heteroatoms. The van der Waals surface area contributed by atoms with E-state index in [9.17, 15) is 0 Å². The zero-order chi connectivity index (χ0) is 14.0. The van der Waals surface area contributed by atoms with Crippen molar-refractivity contribution in [3.8, 4) is 0 Å². The van der Waals surface area contributed by atoms with E-state index < -0.39 is 0 Å². The summed E-state index contributed by atoms with van der Waals surface area (Å²) in [5, 5.41) is 0. The van der Waals surface area contributed by atoms with E-state index in [4.69, 9.17) is 0 Å². The Labute approximate surface area is 126 Å². The summed E-state index contributed by atoms with van der Waals surface area (Å²) in [4.78, 5) is 5.58. The molecule has 2 aliphatic rings. The molecular weight excluding hydrogens is 244 g/mol. The van der Waals surface area contributed by atoms with Gasteiger partial charge in [0.25, 0.3) is 0 Å². The monoisotopic (exact) mass is 280 g/mol. The number of unbranched alkanes of at least 4 members (excludes halogenated alkanes) is 3. The molecule has 0 aliphatic carbocycles. The summed E-state index contributed by atoms with van der Waals surface area (Å²) >= 11 is 0. The summed E-state index contributed by atoms with van der Waals surface area (Å²) < 4.78 is 0. The maximum absolute atomic E-state index is 2.82. The number of likely N-dealkylation sites (tertiary alicyclic amines) is 2. The van der Waals surface area contributed by atoms with Gasteiger partial charge in [0.05, 0.1) is 0 Å². The van der Waals surface area contributed by atoms with Gasteiger partial charge in [-0.2, -0.15) is 0 Å². The number of piperidine rings is 2. The molecule has 0 aromatic carbocycles. The molecule has 0 radical (unpaired) electrons. The lowest BCUT2D eigenvalue weighted by atomic mass is 10.0. The first-order valence-corrected chi connectivity index (χ1v) is 9.36. The molecule has 2 fully saturated rings. The Hall–Kier alpha value is -0.0800. The van der Waals surface area contributed by atoms with Crippen LogP contribution in [0, 0.1) is 0 Å². The average molecular weight is 280 g/mol. The number of rotatable bonds is 8. The molecule has 0 N–H and O–H groups in total. The van der Waals surface area contributed by atoms with Crippen molar-refractivity contribution in [3.05, 3.63) is 0 Å². The fourth-order valence-corrected chi connectivity index (χ4v) is 3.92. The van der Waals surface area contributed by atoms with Crippen molar-refractivity contribution in [3.63, 3.8) is 0 Å². The van der Waals surface area contributed by atoms with E-state index in [1.165, 1.54) is 103 Å². The summed E-state index contributed by atoms with van der Waals surface area (Å²) in [7, 11) is 0. The van der Waals surface area contributed by atoms with E-state index in [1.54, 1.807) is 0 Å². The van der Waals surface area contributed by atoms with Crippen LogP contribution in [0.15, 0.2) is 0 Å². The maximum Gasteiger partial charge on any atom is 0.0223 e. The Morgan fingerprint density at radius 2 is 1.40 bits per heavy atom. The fraction of sp³-hybridized carbons (Fsp3) is 1.00. The first-order chi connectivity index (χ1) is 9.90. The third-order valence-electron chi connectivity index (χ3n) is 5.22. The quantitative estimate of drug-likeness (QED) is 0.612. The SMILES string of the molecule is CCCCCC[C@H](CN1CCCCC1)N1CCCCC1. The fourth-order valence-electron chi connectivity index (χ4n) is 3.92. The normalized spacial score (nSPS) is 23.9. The molecular formula is C18H36N2. The van der Waals surface area contributed by atoms with E-state index in [-0.39, 0.29) is 0 Å². The third kappa shape index (κ3) is 5.73. The second kappa shape index (κ2) is 9.78. The average Bonchev–Trinajstić information content (AvgIpc) is 2.52.